The molecule has 2 aromatic carbocycles. The summed E-state index contributed by atoms with van der Waals surface area (Å²) in [4.78, 5) is 27.3. The van der Waals surface area contributed by atoms with Gasteiger partial charge in [-0.05, 0) is 25.1 Å². The molecule has 1 aromatic heterocycles. The van der Waals surface area contributed by atoms with Gasteiger partial charge in [0.05, 0.1) is 10.2 Å². The summed E-state index contributed by atoms with van der Waals surface area (Å²) in [6.45, 7) is 1.28. The predicted octanol–water partition coefficient (Wildman–Crippen LogP) is 3.12. The van der Waals surface area contributed by atoms with Crippen molar-refractivity contribution in [2.24, 2.45) is 4.99 Å². The Morgan fingerprint density at radius 3 is 2.52 bits per heavy atom. The number of aliphatic carboxylic acids is 1. The predicted molar refractivity (Wildman–Crippen MR) is 88.4 cm³/mol. The molecule has 1 heterocycles. The molecule has 0 fully saturated rings. The highest BCUT2D eigenvalue weighted by molar-refractivity contribution is 7.16. The fraction of sp³-hybridized carbons (Fsp3) is 0.118. The molecule has 25 heavy (non-hydrogen) atoms. The second-order valence-electron chi connectivity index (χ2n) is 5.38. The number of aryl methyl sites for hydroxylation is 1. The van der Waals surface area contributed by atoms with Gasteiger partial charge in [0.2, 0.25) is 0 Å². The van der Waals surface area contributed by atoms with E-state index >= 15 is 0 Å². The molecular formula is C17H12F2N2O3S. The number of amides is 1. The van der Waals surface area contributed by atoms with E-state index in [0.717, 1.165) is 27.5 Å². The normalized spacial score (nSPS) is 11.9. The number of benzene rings is 2. The number of nitrogens with zero attached hydrogens (tertiary/aromatic N) is 2. The van der Waals surface area contributed by atoms with Gasteiger partial charge in [0.1, 0.15) is 12.4 Å². The maximum absolute atomic E-state index is 14.1. The zero-order valence-electron chi connectivity index (χ0n) is 13.0. The van der Waals surface area contributed by atoms with Crippen LogP contribution in [-0.4, -0.2) is 21.6 Å². The average molecular weight is 362 g/mol. The highest BCUT2D eigenvalue weighted by atomic mass is 32.1. The van der Waals surface area contributed by atoms with Crippen LogP contribution in [0.25, 0.3) is 10.2 Å². The molecule has 0 saturated carbocycles. The monoisotopic (exact) mass is 362 g/mol. The van der Waals surface area contributed by atoms with Crippen LogP contribution in [0, 0.1) is 18.6 Å². The Morgan fingerprint density at radius 1 is 1.20 bits per heavy atom. The van der Waals surface area contributed by atoms with Crippen LogP contribution >= 0.6 is 11.3 Å². The minimum absolute atomic E-state index is 0.00697. The highest BCUT2D eigenvalue weighted by Gasteiger charge is 2.16. The molecule has 0 radical (unpaired) electrons. The largest absolute Gasteiger partial charge is 0.480 e. The Kier molecular flexibility index (Phi) is 4.45. The van der Waals surface area contributed by atoms with Gasteiger partial charge in [-0.15, -0.1) is 0 Å². The number of rotatable bonds is 3. The second-order valence-corrected chi connectivity index (χ2v) is 6.39. The SMILES string of the molecule is Cc1ccc(C(=O)/N=c2\sc3cc(F)cc(F)c3n2CC(=O)O)cc1. The van der Waals surface area contributed by atoms with E-state index in [0.29, 0.717) is 11.6 Å². The van der Waals surface area contributed by atoms with Gasteiger partial charge in [-0.25, -0.2) is 8.78 Å². The van der Waals surface area contributed by atoms with E-state index in [4.69, 9.17) is 5.11 Å². The van der Waals surface area contributed by atoms with Gasteiger partial charge in [-0.1, -0.05) is 29.0 Å². The fourth-order valence-electron chi connectivity index (χ4n) is 2.34. The molecular weight excluding hydrogens is 350 g/mol. The molecule has 0 spiro atoms. The topological polar surface area (TPSA) is 71.7 Å². The van der Waals surface area contributed by atoms with Gasteiger partial charge in [-0.2, -0.15) is 4.99 Å². The van der Waals surface area contributed by atoms with Gasteiger partial charge < -0.3 is 9.67 Å². The smallest absolute Gasteiger partial charge is 0.323 e. The standard InChI is InChI=1S/C17H12F2N2O3S/c1-9-2-4-10(5-3-9)16(24)20-17-21(8-14(22)23)15-12(19)6-11(18)7-13(15)25-17/h2-7H,8H2,1H3,(H,22,23)/b20-17-. The third kappa shape index (κ3) is 3.48. The molecule has 0 aliphatic carbocycles. The molecule has 5 nitrogen and oxygen atoms in total. The molecule has 1 N–H and O–H groups in total. The molecule has 3 aromatic rings. The molecule has 0 atom stereocenters. The lowest BCUT2D eigenvalue weighted by molar-refractivity contribution is -0.137. The van der Waals surface area contributed by atoms with Crippen LogP contribution in [0.2, 0.25) is 0 Å². The number of hydrogen-bond donors (Lipinski definition) is 1. The zero-order chi connectivity index (χ0) is 18.1. The minimum Gasteiger partial charge on any atom is -0.480 e. The highest BCUT2D eigenvalue weighted by Crippen LogP contribution is 2.22. The first-order chi connectivity index (χ1) is 11.8. The van der Waals surface area contributed by atoms with Crippen LogP contribution in [0.4, 0.5) is 8.78 Å². The van der Waals surface area contributed by atoms with Crippen molar-refractivity contribution in [2.75, 3.05) is 0 Å². The lowest BCUT2D eigenvalue weighted by Crippen LogP contribution is -2.21. The van der Waals surface area contributed by atoms with Crippen molar-refractivity contribution in [1.29, 1.82) is 0 Å². The van der Waals surface area contributed by atoms with Crippen molar-refractivity contribution >= 4 is 33.4 Å². The number of fused-ring (bicyclic) bond motifs is 1. The van der Waals surface area contributed by atoms with Crippen LogP contribution in [0.1, 0.15) is 15.9 Å². The molecule has 128 valence electrons. The molecule has 0 aliphatic heterocycles. The van der Waals surface area contributed by atoms with E-state index in [1.165, 1.54) is 0 Å². The summed E-state index contributed by atoms with van der Waals surface area (Å²) in [6.07, 6.45) is 0. The van der Waals surface area contributed by atoms with E-state index in [9.17, 15) is 18.4 Å². The summed E-state index contributed by atoms with van der Waals surface area (Å²) in [5.74, 6) is -3.51. The first-order valence-corrected chi connectivity index (χ1v) is 8.02. The molecule has 3 rings (SSSR count). The minimum atomic E-state index is -1.23. The van der Waals surface area contributed by atoms with Crippen LogP contribution in [0.15, 0.2) is 41.4 Å². The molecule has 0 unspecified atom stereocenters. The van der Waals surface area contributed by atoms with Crippen molar-refractivity contribution in [3.63, 3.8) is 0 Å². The number of carbonyl (C=O) groups is 2. The van der Waals surface area contributed by atoms with E-state index in [2.05, 4.69) is 4.99 Å². The van der Waals surface area contributed by atoms with E-state index in [-0.39, 0.29) is 15.0 Å². The van der Waals surface area contributed by atoms with E-state index < -0.39 is 30.1 Å². The Morgan fingerprint density at radius 2 is 1.88 bits per heavy atom. The van der Waals surface area contributed by atoms with Crippen molar-refractivity contribution in [3.05, 3.63) is 64.0 Å². The number of hydrogen-bond acceptors (Lipinski definition) is 3. The number of carboxylic acid groups (broad SMARTS) is 1. The second kappa shape index (κ2) is 6.56. The third-order valence-electron chi connectivity index (χ3n) is 3.48. The van der Waals surface area contributed by atoms with Gasteiger partial charge in [0.25, 0.3) is 5.91 Å². The van der Waals surface area contributed by atoms with Crippen molar-refractivity contribution in [1.82, 2.24) is 4.57 Å². The molecule has 1 amide bonds. The lowest BCUT2D eigenvalue weighted by atomic mass is 10.1. The van der Waals surface area contributed by atoms with Crippen molar-refractivity contribution in [2.45, 2.75) is 13.5 Å². The lowest BCUT2D eigenvalue weighted by Gasteiger charge is -2.02. The zero-order valence-corrected chi connectivity index (χ0v) is 13.8. The Hall–Kier alpha value is -2.87. The summed E-state index contributed by atoms with van der Waals surface area (Å²) in [5.41, 5.74) is 1.19. The first kappa shape index (κ1) is 17.0. The van der Waals surface area contributed by atoms with Crippen LogP contribution in [0.5, 0.6) is 0 Å². The summed E-state index contributed by atoms with van der Waals surface area (Å²) in [7, 11) is 0. The van der Waals surface area contributed by atoms with Crippen molar-refractivity contribution in [3.8, 4) is 0 Å². The Labute approximate surface area is 144 Å². The van der Waals surface area contributed by atoms with Crippen molar-refractivity contribution < 1.29 is 23.5 Å². The van der Waals surface area contributed by atoms with Crippen LogP contribution in [0.3, 0.4) is 0 Å². The summed E-state index contributed by atoms with van der Waals surface area (Å²) >= 11 is 0.852. The van der Waals surface area contributed by atoms with E-state index in [1.54, 1.807) is 24.3 Å². The van der Waals surface area contributed by atoms with E-state index in [1.807, 2.05) is 6.92 Å². The number of carbonyl (C=O) groups excluding carboxylic acids is 1. The van der Waals surface area contributed by atoms with Gasteiger partial charge in [-0.3, -0.25) is 9.59 Å². The summed E-state index contributed by atoms with van der Waals surface area (Å²) in [6, 6.07) is 8.42. The van der Waals surface area contributed by atoms with Crippen LogP contribution in [-0.2, 0) is 11.3 Å². The maximum Gasteiger partial charge on any atom is 0.323 e. The molecule has 0 bridgehead atoms. The Balaban J connectivity index is 2.20. The molecule has 0 aliphatic rings. The third-order valence-corrected chi connectivity index (χ3v) is 4.51. The quantitative estimate of drug-likeness (QED) is 0.778. The van der Waals surface area contributed by atoms with Gasteiger partial charge in [0, 0.05) is 11.6 Å². The number of aromatic nitrogens is 1. The maximum atomic E-state index is 14.1. The average Bonchev–Trinajstić information content (AvgIpc) is 2.84. The summed E-state index contributed by atoms with van der Waals surface area (Å²) in [5, 5.41) is 9.06. The van der Waals surface area contributed by atoms with Crippen LogP contribution < -0.4 is 4.80 Å². The summed E-state index contributed by atoms with van der Waals surface area (Å²) < 4.78 is 28.7. The fourth-order valence-corrected chi connectivity index (χ4v) is 3.41. The number of thiazole rings is 1. The number of halogens is 2. The number of carboxylic acids is 1. The first-order valence-electron chi connectivity index (χ1n) is 7.21. The Bertz CT molecular complexity index is 1050. The van der Waals surface area contributed by atoms with Gasteiger partial charge >= 0.3 is 5.97 Å². The molecule has 0 saturated heterocycles. The van der Waals surface area contributed by atoms with Gasteiger partial charge in [0.15, 0.2) is 10.6 Å². The molecule has 8 heteroatoms.